The molecule has 2 N–H and O–H groups in total. The number of halogens is 1. The summed E-state index contributed by atoms with van der Waals surface area (Å²) in [7, 11) is 0. The number of nitriles is 1. The van der Waals surface area contributed by atoms with Crippen molar-refractivity contribution in [2.24, 2.45) is 0 Å². The predicted octanol–water partition coefficient (Wildman–Crippen LogP) is 0.934. The maximum atomic E-state index is 11.5. The second-order valence-electron chi connectivity index (χ2n) is 3.35. The van der Waals surface area contributed by atoms with Crippen molar-refractivity contribution in [1.29, 1.82) is 5.26 Å². The van der Waals surface area contributed by atoms with Gasteiger partial charge in [-0.1, -0.05) is 0 Å². The van der Waals surface area contributed by atoms with Gasteiger partial charge in [0.2, 0.25) is 0 Å². The SMILES string of the molecule is N#C/C(=C/NCc1ccncc1)C(=O)NCCCl. The second kappa shape index (κ2) is 8.09. The van der Waals surface area contributed by atoms with Gasteiger partial charge in [-0.05, 0) is 17.7 Å². The van der Waals surface area contributed by atoms with E-state index in [-0.39, 0.29) is 5.57 Å². The summed E-state index contributed by atoms with van der Waals surface area (Å²) in [6.45, 7) is 0.861. The molecule has 0 aliphatic rings. The fraction of sp³-hybridized carbons (Fsp3) is 0.250. The summed E-state index contributed by atoms with van der Waals surface area (Å²) in [5, 5.41) is 14.3. The summed E-state index contributed by atoms with van der Waals surface area (Å²) in [6, 6.07) is 5.52. The lowest BCUT2D eigenvalue weighted by Gasteiger charge is -2.03. The Bertz CT molecular complexity index is 453. The van der Waals surface area contributed by atoms with Crippen molar-refractivity contribution >= 4 is 17.5 Å². The van der Waals surface area contributed by atoms with E-state index in [2.05, 4.69) is 15.6 Å². The molecule has 1 amide bonds. The van der Waals surface area contributed by atoms with Gasteiger partial charge in [-0.15, -0.1) is 11.6 Å². The van der Waals surface area contributed by atoms with Crippen LogP contribution in [-0.2, 0) is 11.3 Å². The number of carbonyl (C=O) groups is 1. The van der Waals surface area contributed by atoms with Crippen LogP contribution in [0.5, 0.6) is 0 Å². The molecule has 0 spiro atoms. The number of nitrogens with one attached hydrogen (secondary N) is 2. The third-order valence-electron chi connectivity index (χ3n) is 2.05. The topological polar surface area (TPSA) is 77.8 Å². The van der Waals surface area contributed by atoms with E-state index in [1.54, 1.807) is 12.4 Å². The number of pyridine rings is 1. The molecule has 1 aromatic rings. The first-order chi connectivity index (χ1) is 8.77. The van der Waals surface area contributed by atoms with Crippen LogP contribution in [0.25, 0.3) is 0 Å². The molecule has 0 fully saturated rings. The predicted molar refractivity (Wildman–Crippen MR) is 68.5 cm³/mol. The molecule has 18 heavy (non-hydrogen) atoms. The molecule has 5 nitrogen and oxygen atoms in total. The maximum absolute atomic E-state index is 11.5. The fourth-order valence-electron chi connectivity index (χ4n) is 1.18. The van der Waals surface area contributed by atoms with Crippen LogP contribution >= 0.6 is 11.6 Å². The molecule has 1 aromatic heterocycles. The maximum Gasteiger partial charge on any atom is 0.263 e. The smallest absolute Gasteiger partial charge is 0.263 e. The summed E-state index contributed by atoms with van der Waals surface area (Å²) in [4.78, 5) is 15.4. The zero-order valence-corrected chi connectivity index (χ0v) is 10.4. The van der Waals surface area contributed by atoms with Crippen molar-refractivity contribution < 1.29 is 4.79 Å². The van der Waals surface area contributed by atoms with Crippen molar-refractivity contribution in [1.82, 2.24) is 15.6 Å². The van der Waals surface area contributed by atoms with Gasteiger partial charge < -0.3 is 10.6 Å². The first-order valence-corrected chi connectivity index (χ1v) is 5.88. The molecule has 0 aromatic carbocycles. The van der Waals surface area contributed by atoms with Crippen molar-refractivity contribution in [3.63, 3.8) is 0 Å². The second-order valence-corrected chi connectivity index (χ2v) is 3.73. The van der Waals surface area contributed by atoms with Gasteiger partial charge in [0.1, 0.15) is 11.6 Å². The molecule has 0 aliphatic heterocycles. The van der Waals surface area contributed by atoms with Crippen molar-refractivity contribution in [2.75, 3.05) is 12.4 Å². The third kappa shape index (κ3) is 4.85. The van der Waals surface area contributed by atoms with Crippen LogP contribution in [0, 0.1) is 11.3 Å². The zero-order chi connectivity index (χ0) is 13.2. The first kappa shape index (κ1) is 14.0. The summed E-state index contributed by atoms with van der Waals surface area (Å²) in [5.41, 5.74) is 1.04. The Morgan fingerprint density at radius 2 is 2.22 bits per heavy atom. The highest BCUT2D eigenvalue weighted by atomic mass is 35.5. The van der Waals surface area contributed by atoms with Gasteiger partial charge in [0.15, 0.2) is 0 Å². The van der Waals surface area contributed by atoms with E-state index in [4.69, 9.17) is 16.9 Å². The Morgan fingerprint density at radius 3 is 2.83 bits per heavy atom. The van der Waals surface area contributed by atoms with Gasteiger partial charge in [-0.25, -0.2) is 0 Å². The molecule has 94 valence electrons. The van der Waals surface area contributed by atoms with Gasteiger partial charge in [-0.3, -0.25) is 9.78 Å². The molecule has 6 heteroatoms. The van der Waals surface area contributed by atoms with E-state index in [1.807, 2.05) is 18.2 Å². The van der Waals surface area contributed by atoms with Crippen LogP contribution in [0.3, 0.4) is 0 Å². The minimum atomic E-state index is -0.430. The highest BCUT2D eigenvalue weighted by Crippen LogP contribution is 1.96. The number of alkyl halides is 1. The number of rotatable bonds is 6. The number of amides is 1. The minimum Gasteiger partial charge on any atom is -0.386 e. The summed E-state index contributed by atoms with van der Waals surface area (Å²) in [6.07, 6.45) is 4.75. The Kier molecular flexibility index (Phi) is 6.30. The van der Waals surface area contributed by atoms with Crippen molar-refractivity contribution in [2.45, 2.75) is 6.54 Å². The molecule has 0 aliphatic carbocycles. The lowest BCUT2D eigenvalue weighted by molar-refractivity contribution is -0.117. The van der Waals surface area contributed by atoms with Crippen molar-refractivity contribution in [3.05, 3.63) is 41.9 Å². The average Bonchev–Trinajstić information content (AvgIpc) is 2.42. The van der Waals surface area contributed by atoms with Gasteiger partial charge in [-0.2, -0.15) is 5.26 Å². The van der Waals surface area contributed by atoms with Gasteiger partial charge in [0.05, 0.1) is 0 Å². The fourth-order valence-corrected chi connectivity index (χ4v) is 1.27. The van der Waals surface area contributed by atoms with Gasteiger partial charge >= 0.3 is 0 Å². The average molecular weight is 265 g/mol. The molecule has 0 atom stereocenters. The number of hydrogen-bond acceptors (Lipinski definition) is 4. The molecular weight excluding hydrogens is 252 g/mol. The lowest BCUT2D eigenvalue weighted by atomic mass is 10.2. The van der Waals surface area contributed by atoms with Gasteiger partial charge in [0, 0.05) is 37.6 Å². The molecule has 0 saturated heterocycles. The Balaban J connectivity index is 2.48. The molecule has 1 heterocycles. The van der Waals surface area contributed by atoms with E-state index in [0.29, 0.717) is 19.0 Å². The van der Waals surface area contributed by atoms with E-state index < -0.39 is 5.91 Å². The van der Waals surface area contributed by atoms with E-state index in [1.165, 1.54) is 6.20 Å². The van der Waals surface area contributed by atoms with Crippen LogP contribution in [0.2, 0.25) is 0 Å². The van der Waals surface area contributed by atoms with E-state index in [0.717, 1.165) is 5.56 Å². The molecule has 0 unspecified atom stereocenters. The highest BCUT2D eigenvalue weighted by Gasteiger charge is 2.06. The lowest BCUT2D eigenvalue weighted by Crippen LogP contribution is -2.27. The minimum absolute atomic E-state index is 0.0224. The van der Waals surface area contributed by atoms with Gasteiger partial charge in [0.25, 0.3) is 5.91 Å². The van der Waals surface area contributed by atoms with Crippen molar-refractivity contribution in [3.8, 4) is 6.07 Å². The quantitative estimate of drug-likeness (QED) is 0.455. The highest BCUT2D eigenvalue weighted by molar-refractivity contribution is 6.18. The number of aromatic nitrogens is 1. The Hall–Kier alpha value is -2.06. The summed E-state index contributed by atoms with van der Waals surface area (Å²) >= 11 is 5.44. The molecular formula is C12H13ClN4O. The van der Waals surface area contributed by atoms with Crippen LogP contribution in [0.1, 0.15) is 5.56 Å². The summed E-state index contributed by atoms with van der Waals surface area (Å²) < 4.78 is 0. The Morgan fingerprint density at radius 1 is 1.50 bits per heavy atom. The number of nitrogens with zero attached hydrogens (tertiary/aromatic N) is 2. The largest absolute Gasteiger partial charge is 0.386 e. The third-order valence-corrected chi connectivity index (χ3v) is 2.24. The molecule has 0 saturated carbocycles. The molecule has 0 radical (unpaired) electrons. The normalized spacial score (nSPS) is 10.6. The molecule has 1 rings (SSSR count). The first-order valence-electron chi connectivity index (χ1n) is 5.34. The monoisotopic (exact) mass is 264 g/mol. The van der Waals surface area contributed by atoms with Crippen LogP contribution in [-0.4, -0.2) is 23.3 Å². The zero-order valence-electron chi connectivity index (χ0n) is 9.69. The van der Waals surface area contributed by atoms with Crippen LogP contribution in [0.15, 0.2) is 36.3 Å². The number of hydrogen-bond donors (Lipinski definition) is 2. The van der Waals surface area contributed by atoms with E-state index in [9.17, 15) is 4.79 Å². The van der Waals surface area contributed by atoms with Crippen LogP contribution < -0.4 is 10.6 Å². The number of carbonyl (C=O) groups excluding carboxylic acids is 1. The standard InChI is InChI=1S/C12H13ClN4O/c13-3-6-17-12(18)11(7-14)9-16-8-10-1-4-15-5-2-10/h1-2,4-5,9,16H,3,6,8H2,(H,17,18)/b11-9-. The van der Waals surface area contributed by atoms with Crippen LogP contribution in [0.4, 0.5) is 0 Å². The van der Waals surface area contributed by atoms with E-state index >= 15 is 0 Å². The summed E-state index contributed by atoms with van der Waals surface area (Å²) in [5.74, 6) is -0.116. The Labute approximate surface area is 110 Å². The molecule has 0 bridgehead atoms.